The number of hydrogen-bond donors (Lipinski definition) is 1. The summed E-state index contributed by atoms with van der Waals surface area (Å²) in [7, 11) is 2.16. The highest BCUT2D eigenvalue weighted by atomic mass is 15.1. The van der Waals surface area contributed by atoms with Gasteiger partial charge in [0.1, 0.15) is 0 Å². The number of nitrogens with one attached hydrogen (secondary N) is 1. The SMILES string of the molecule is CCNCCN(C)c1ccc(C(C)(C)C)cc1C. The smallest absolute Gasteiger partial charge is 0.0393 e. The summed E-state index contributed by atoms with van der Waals surface area (Å²) in [5.74, 6) is 0. The van der Waals surface area contributed by atoms with Gasteiger partial charge in [-0.1, -0.05) is 39.8 Å². The number of nitrogens with zero attached hydrogens (tertiary/aromatic N) is 1. The summed E-state index contributed by atoms with van der Waals surface area (Å²) in [6.45, 7) is 14.2. The van der Waals surface area contributed by atoms with Crippen molar-refractivity contribution in [3.8, 4) is 0 Å². The maximum absolute atomic E-state index is 3.36. The van der Waals surface area contributed by atoms with Crippen molar-refractivity contribution in [3.05, 3.63) is 29.3 Å². The highest BCUT2D eigenvalue weighted by molar-refractivity contribution is 5.54. The number of benzene rings is 1. The maximum atomic E-state index is 3.36. The van der Waals surface area contributed by atoms with Crippen LogP contribution in [0.5, 0.6) is 0 Å². The standard InChI is InChI=1S/C16H28N2/c1-7-17-10-11-18(6)15-9-8-14(12-13(15)2)16(3,4)5/h8-9,12,17H,7,10-11H2,1-6H3. The molecule has 0 unspecified atom stereocenters. The fourth-order valence-corrected chi connectivity index (χ4v) is 2.09. The molecule has 2 heteroatoms. The lowest BCUT2D eigenvalue weighted by Gasteiger charge is -2.25. The molecule has 18 heavy (non-hydrogen) atoms. The number of hydrogen-bond acceptors (Lipinski definition) is 2. The minimum atomic E-state index is 0.228. The van der Waals surface area contributed by atoms with E-state index in [1.165, 1.54) is 16.8 Å². The molecule has 0 aromatic heterocycles. The summed E-state index contributed by atoms with van der Waals surface area (Å²) >= 11 is 0. The van der Waals surface area contributed by atoms with Gasteiger partial charge >= 0.3 is 0 Å². The summed E-state index contributed by atoms with van der Waals surface area (Å²) in [4.78, 5) is 2.32. The Morgan fingerprint density at radius 1 is 1.22 bits per heavy atom. The van der Waals surface area contributed by atoms with Crippen molar-refractivity contribution in [1.82, 2.24) is 5.32 Å². The van der Waals surface area contributed by atoms with Crippen molar-refractivity contribution in [2.24, 2.45) is 0 Å². The van der Waals surface area contributed by atoms with Crippen LogP contribution in [0, 0.1) is 6.92 Å². The molecule has 102 valence electrons. The molecular formula is C16H28N2. The lowest BCUT2D eigenvalue weighted by atomic mass is 9.86. The molecule has 0 amide bonds. The van der Waals surface area contributed by atoms with Crippen molar-refractivity contribution in [2.75, 3.05) is 31.6 Å². The summed E-state index contributed by atoms with van der Waals surface area (Å²) < 4.78 is 0. The van der Waals surface area contributed by atoms with Gasteiger partial charge in [0.2, 0.25) is 0 Å². The number of rotatable bonds is 5. The maximum Gasteiger partial charge on any atom is 0.0393 e. The van der Waals surface area contributed by atoms with Gasteiger partial charge in [-0.25, -0.2) is 0 Å². The quantitative estimate of drug-likeness (QED) is 0.804. The Hall–Kier alpha value is -1.02. The highest BCUT2D eigenvalue weighted by Crippen LogP contribution is 2.27. The lowest BCUT2D eigenvalue weighted by Crippen LogP contribution is -2.29. The van der Waals surface area contributed by atoms with Gasteiger partial charge in [0.25, 0.3) is 0 Å². The molecule has 0 bridgehead atoms. The van der Waals surface area contributed by atoms with E-state index in [9.17, 15) is 0 Å². The topological polar surface area (TPSA) is 15.3 Å². The second kappa shape index (κ2) is 6.24. The second-order valence-corrected chi connectivity index (χ2v) is 6.03. The molecule has 2 nitrogen and oxygen atoms in total. The van der Waals surface area contributed by atoms with Gasteiger partial charge in [-0.15, -0.1) is 0 Å². The van der Waals surface area contributed by atoms with Gasteiger partial charge in [0.15, 0.2) is 0 Å². The van der Waals surface area contributed by atoms with E-state index >= 15 is 0 Å². The van der Waals surface area contributed by atoms with Gasteiger partial charge in [0.05, 0.1) is 0 Å². The molecule has 0 saturated heterocycles. The van der Waals surface area contributed by atoms with E-state index < -0.39 is 0 Å². The lowest BCUT2D eigenvalue weighted by molar-refractivity contribution is 0.589. The third kappa shape index (κ3) is 4.02. The van der Waals surface area contributed by atoms with Crippen LogP contribution in [0.3, 0.4) is 0 Å². The van der Waals surface area contributed by atoms with Gasteiger partial charge in [-0.2, -0.15) is 0 Å². The predicted molar refractivity (Wildman–Crippen MR) is 81.7 cm³/mol. The monoisotopic (exact) mass is 248 g/mol. The third-order valence-electron chi connectivity index (χ3n) is 3.35. The summed E-state index contributed by atoms with van der Waals surface area (Å²) in [5, 5.41) is 3.36. The zero-order chi connectivity index (χ0) is 13.8. The molecule has 1 aromatic carbocycles. The average Bonchev–Trinajstić information content (AvgIpc) is 2.27. The van der Waals surface area contributed by atoms with E-state index in [1.54, 1.807) is 0 Å². The number of likely N-dealkylation sites (N-methyl/N-ethyl adjacent to an activating group) is 2. The zero-order valence-electron chi connectivity index (χ0n) is 12.8. The van der Waals surface area contributed by atoms with E-state index in [0.29, 0.717) is 0 Å². The first-order chi connectivity index (χ1) is 8.36. The van der Waals surface area contributed by atoms with E-state index in [-0.39, 0.29) is 5.41 Å². The Labute approximate surface area is 112 Å². The molecule has 1 aromatic rings. The van der Waals surface area contributed by atoms with Gasteiger partial charge in [0, 0.05) is 25.8 Å². The van der Waals surface area contributed by atoms with Crippen molar-refractivity contribution >= 4 is 5.69 Å². The molecule has 0 atom stereocenters. The zero-order valence-corrected chi connectivity index (χ0v) is 12.8. The van der Waals surface area contributed by atoms with E-state index in [2.05, 4.69) is 70.1 Å². The summed E-state index contributed by atoms with van der Waals surface area (Å²) in [6, 6.07) is 6.83. The highest BCUT2D eigenvalue weighted by Gasteiger charge is 2.15. The van der Waals surface area contributed by atoms with Crippen LogP contribution < -0.4 is 10.2 Å². The van der Waals surface area contributed by atoms with Gasteiger partial charge in [-0.05, 0) is 36.1 Å². The normalized spacial score (nSPS) is 11.7. The van der Waals surface area contributed by atoms with Crippen LogP contribution in [0.1, 0.15) is 38.8 Å². The van der Waals surface area contributed by atoms with Crippen LogP contribution in [0.4, 0.5) is 5.69 Å². The van der Waals surface area contributed by atoms with Crippen LogP contribution in [0.2, 0.25) is 0 Å². The molecule has 0 saturated carbocycles. The molecule has 0 spiro atoms. The summed E-state index contributed by atoms with van der Waals surface area (Å²) in [5.41, 5.74) is 4.33. The Kier molecular flexibility index (Phi) is 5.21. The van der Waals surface area contributed by atoms with Gasteiger partial charge < -0.3 is 10.2 Å². The average molecular weight is 248 g/mol. The predicted octanol–water partition coefficient (Wildman–Crippen LogP) is 3.34. The number of aryl methyl sites for hydroxylation is 1. The Bertz CT molecular complexity index is 377. The Morgan fingerprint density at radius 3 is 2.39 bits per heavy atom. The minimum Gasteiger partial charge on any atom is -0.373 e. The van der Waals surface area contributed by atoms with E-state index in [1.807, 2.05) is 0 Å². The molecule has 1 rings (SSSR count). The minimum absolute atomic E-state index is 0.228. The first kappa shape index (κ1) is 15.0. The molecule has 0 aliphatic carbocycles. The molecule has 0 heterocycles. The summed E-state index contributed by atoms with van der Waals surface area (Å²) in [6.07, 6.45) is 0. The van der Waals surface area contributed by atoms with Crippen molar-refractivity contribution in [2.45, 2.75) is 40.0 Å². The fourth-order valence-electron chi connectivity index (χ4n) is 2.09. The van der Waals surface area contributed by atoms with Crippen LogP contribution in [-0.4, -0.2) is 26.7 Å². The molecular weight excluding hydrogens is 220 g/mol. The molecule has 0 aliphatic rings. The van der Waals surface area contributed by atoms with E-state index in [0.717, 1.165) is 19.6 Å². The third-order valence-corrected chi connectivity index (χ3v) is 3.35. The van der Waals surface area contributed by atoms with E-state index in [4.69, 9.17) is 0 Å². The van der Waals surface area contributed by atoms with Crippen molar-refractivity contribution in [3.63, 3.8) is 0 Å². The Morgan fingerprint density at radius 2 is 1.89 bits per heavy atom. The van der Waals surface area contributed by atoms with Crippen molar-refractivity contribution in [1.29, 1.82) is 0 Å². The Balaban J connectivity index is 2.79. The molecule has 0 radical (unpaired) electrons. The fraction of sp³-hybridized carbons (Fsp3) is 0.625. The largest absolute Gasteiger partial charge is 0.373 e. The van der Waals surface area contributed by atoms with Crippen LogP contribution in [0.25, 0.3) is 0 Å². The number of anilines is 1. The van der Waals surface area contributed by atoms with Crippen LogP contribution >= 0.6 is 0 Å². The first-order valence-electron chi connectivity index (χ1n) is 6.89. The van der Waals surface area contributed by atoms with Gasteiger partial charge in [-0.3, -0.25) is 0 Å². The molecule has 1 N–H and O–H groups in total. The van der Waals surface area contributed by atoms with Crippen molar-refractivity contribution < 1.29 is 0 Å². The first-order valence-corrected chi connectivity index (χ1v) is 6.89. The molecule has 0 fully saturated rings. The van der Waals surface area contributed by atoms with Crippen LogP contribution in [-0.2, 0) is 5.41 Å². The van der Waals surface area contributed by atoms with Crippen LogP contribution in [0.15, 0.2) is 18.2 Å². The second-order valence-electron chi connectivity index (χ2n) is 6.03. The molecule has 0 aliphatic heterocycles.